The first-order valence-electron chi connectivity index (χ1n) is 3.69. The van der Waals surface area contributed by atoms with Crippen molar-refractivity contribution in [3.05, 3.63) is 0 Å². The molecule has 6 heteroatoms. The SMILES string of the molecule is N#CC[C@@H]1C[C@@H](C(F)(F)F)NC1=O. The molecular weight excluding hydrogens is 185 g/mol. The summed E-state index contributed by atoms with van der Waals surface area (Å²) in [6.07, 6.45) is -4.88. The minimum Gasteiger partial charge on any atom is -0.344 e. The van der Waals surface area contributed by atoms with E-state index in [1.54, 1.807) is 6.07 Å². The maximum atomic E-state index is 12.1. The van der Waals surface area contributed by atoms with Gasteiger partial charge in [0.1, 0.15) is 6.04 Å². The van der Waals surface area contributed by atoms with Crippen LogP contribution in [0.5, 0.6) is 0 Å². The Bertz CT molecular complexity index is 255. The van der Waals surface area contributed by atoms with Gasteiger partial charge in [0.05, 0.1) is 12.0 Å². The van der Waals surface area contributed by atoms with Crippen molar-refractivity contribution in [3.8, 4) is 6.07 Å². The minimum atomic E-state index is -4.40. The number of carbonyl (C=O) groups excluding carboxylic acids is 1. The van der Waals surface area contributed by atoms with Gasteiger partial charge < -0.3 is 5.32 Å². The van der Waals surface area contributed by atoms with Crippen molar-refractivity contribution in [1.29, 1.82) is 5.26 Å². The normalized spacial score (nSPS) is 28.3. The monoisotopic (exact) mass is 192 g/mol. The van der Waals surface area contributed by atoms with E-state index in [9.17, 15) is 18.0 Å². The Kier molecular flexibility index (Phi) is 2.45. The first-order chi connectivity index (χ1) is 5.95. The van der Waals surface area contributed by atoms with Crippen LogP contribution in [0, 0.1) is 17.2 Å². The average molecular weight is 192 g/mol. The molecule has 0 aliphatic carbocycles. The molecule has 0 aromatic rings. The summed E-state index contributed by atoms with van der Waals surface area (Å²) >= 11 is 0. The van der Waals surface area contributed by atoms with E-state index in [2.05, 4.69) is 0 Å². The minimum absolute atomic E-state index is 0.154. The predicted molar refractivity (Wildman–Crippen MR) is 36.3 cm³/mol. The van der Waals surface area contributed by atoms with Gasteiger partial charge in [0.2, 0.25) is 5.91 Å². The molecule has 1 saturated heterocycles. The fourth-order valence-corrected chi connectivity index (χ4v) is 1.24. The highest BCUT2D eigenvalue weighted by molar-refractivity contribution is 5.81. The van der Waals surface area contributed by atoms with E-state index < -0.39 is 24.0 Å². The molecule has 0 spiro atoms. The number of rotatable bonds is 1. The molecule has 13 heavy (non-hydrogen) atoms. The zero-order valence-electron chi connectivity index (χ0n) is 6.56. The van der Waals surface area contributed by atoms with Gasteiger partial charge in [-0.25, -0.2) is 0 Å². The summed E-state index contributed by atoms with van der Waals surface area (Å²) in [5.41, 5.74) is 0. The van der Waals surface area contributed by atoms with Crippen LogP contribution < -0.4 is 5.32 Å². The maximum absolute atomic E-state index is 12.1. The number of hydrogen-bond donors (Lipinski definition) is 1. The van der Waals surface area contributed by atoms with Crippen LogP contribution in [0.2, 0.25) is 0 Å². The molecular formula is C7H7F3N2O. The molecule has 1 fully saturated rings. The molecule has 0 bridgehead atoms. The Hall–Kier alpha value is -1.25. The standard InChI is InChI=1S/C7H7F3N2O/c8-7(9,10)5-3-4(1-2-11)6(13)12-5/h4-5H,1,3H2,(H,12,13)/t4-,5+/m1/s1. The van der Waals surface area contributed by atoms with Gasteiger partial charge in [-0.2, -0.15) is 18.4 Å². The highest BCUT2D eigenvalue weighted by Crippen LogP contribution is 2.30. The van der Waals surface area contributed by atoms with Crippen LogP contribution >= 0.6 is 0 Å². The number of hydrogen-bond acceptors (Lipinski definition) is 2. The van der Waals surface area contributed by atoms with Gasteiger partial charge in [-0.05, 0) is 6.42 Å². The molecule has 1 amide bonds. The third kappa shape index (κ3) is 2.11. The molecule has 2 atom stereocenters. The van der Waals surface area contributed by atoms with E-state index in [0.717, 1.165) is 0 Å². The first-order valence-corrected chi connectivity index (χ1v) is 3.69. The van der Waals surface area contributed by atoms with Crippen molar-refractivity contribution in [3.63, 3.8) is 0 Å². The van der Waals surface area contributed by atoms with Crippen LogP contribution in [0.25, 0.3) is 0 Å². The summed E-state index contributed by atoms with van der Waals surface area (Å²) in [4.78, 5) is 10.9. The number of nitrogens with one attached hydrogen (secondary N) is 1. The van der Waals surface area contributed by atoms with Crippen molar-refractivity contribution in [1.82, 2.24) is 5.32 Å². The largest absolute Gasteiger partial charge is 0.408 e. The van der Waals surface area contributed by atoms with Gasteiger partial charge in [-0.15, -0.1) is 0 Å². The van der Waals surface area contributed by atoms with Crippen LogP contribution in [-0.4, -0.2) is 18.1 Å². The lowest BCUT2D eigenvalue weighted by molar-refractivity contribution is -0.154. The summed E-state index contributed by atoms with van der Waals surface area (Å²) in [5, 5.41) is 10.0. The molecule has 0 aromatic carbocycles. The molecule has 0 saturated carbocycles. The van der Waals surface area contributed by atoms with E-state index in [-0.39, 0.29) is 12.8 Å². The summed E-state index contributed by atoms with van der Waals surface area (Å²) in [6, 6.07) is -0.0954. The predicted octanol–water partition coefficient (Wildman–Crippen LogP) is 0.967. The van der Waals surface area contributed by atoms with Gasteiger partial charge >= 0.3 is 6.18 Å². The number of alkyl halides is 3. The maximum Gasteiger partial charge on any atom is 0.408 e. The van der Waals surface area contributed by atoms with Gasteiger partial charge in [0, 0.05) is 6.42 Å². The summed E-state index contributed by atoms with van der Waals surface area (Å²) in [6.45, 7) is 0. The molecule has 72 valence electrons. The van der Waals surface area contributed by atoms with E-state index in [4.69, 9.17) is 5.26 Å². The molecule has 0 aromatic heterocycles. The van der Waals surface area contributed by atoms with Crippen molar-refractivity contribution in [2.24, 2.45) is 5.92 Å². The molecule has 0 radical (unpaired) electrons. The molecule has 1 N–H and O–H groups in total. The van der Waals surface area contributed by atoms with Crippen LogP contribution in [0.3, 0.4) is 0 Å². The van der Waals surface area contributed by atoms with E-state index >= 15 is 0 Å². The first kappa shape index (κ1) is 9.84. The molecule has 1 aliphatic heterocycles. The van der Waals surface area contributed by atoms with Crippen LogP contribution in [0.15, 0.2) is 0 Å². The third-order valence-electron chi connectivity index (χ3n) is 1.94. The lowest BCUT2D eigenvalue weighted by atomic mass is 10.0. The molecule has 3 nitrogen and oxygen atoms in total. The van der Waals surface area contributed by atoms with Gasteiger partial charge in [-0.3, -0.25) is 4.79 Å². The van der Waals surface area contributed by atoms with Gasteiger partial charge in [0.25, 0.3) is 0 Å². The fraction of sp³-hybridized carbons (Fsp3) is 0.714. The second kappa shape index (κ2) is 3.24. The summed E-state index contributed by atoms with van der Waals surface area (Å²) in [5.74, 6) is -1.49. The van der Waals surface area contributed by atoms with Gasteiger partial charge in [0.15, 0.2) is 0 Å². The second-order valence-electron chi connectivity index (χ2n) is 2.90. The Morgan fingerprint density at radius 3 is 2.62 bits per heavy atom. The van der Waals surface area contributed by atoms with Crippen LogP contribution in [-0.2, 0) is 4.79 Å². The van der Waals surface area contributed by atoms with Crippen molar-refractivity contribution >= 4 is 5.91 Å². The Morgan fingerprint density at radius 1 is 1.62 bits per heavy atom. The quantitative estimate of drug-likeness (QED) is 0.672. The number of amides is 1. The van der Waals surface area contributed by atoms with Gasteiger partial charge in [-0.1, -0.05) is 0 Å². The number of nitrogens with zero attached hydrogens (tertiary/aromatic N) is 1. The van der Waals surface area contributed by atoms with Crippen molar-refractivity contribution in [2.45, 2.75) is 25.1 Å². The van der Waals surface area contributed by atoms with E-state index in [1.807, 2.05) is 5.32 Å². The molecule has 1 aliphatic rings. The lowest BCUT2D eigenvalue weighted by Gasteiger charge is -2.13. The van der Waals surface area contributed by atoms with Crippen molar-refractivity contribution < 1.29 is 18.0 Å². The highest BCUT2D eigenvalue weighted by atomic mass is 19.4. The lowest BCUT2D eigenvalue weighted by Crippen LogP contribution is -2.38. The van der Waals surface area contributed by atoms with E-state index in [1.165, 1.54) is 0 Å². The Morgan fingerprint density at radius 2 is 2.23 bits per heavy atom. The number of nitriles is 1. The topological polar surface area (TPSA) is 52.9 Å². The zero-order chi connectivity index (χ0) is 10.1. The Balaban J connectivity index is 2.61. The highest BCUT2D eigenvalue weighted by Gasteiger charge is 2.47. The molecule has 1 heterocycles. The average Bonchev–Trinajstić information content (AvgIpc) is 2.32. The molecule has 1 rings (SSSR count). The Labute approximate surface area is 72.5 Å². The number of halogens is 3. The number of carbonyl (C=O) groups is 1. The smallest absolute Gasteiger partial charge is 0.344 e. The third-order valence-corrected chi connectivity index (χ3v) is 1.94. The fourth-order valence-electron chi connectivity index (χ4n) is 1.24. The van der Waals surface area contributed by atoms with Crippen molar-refractivity contribution in [2.75, 3.05) is 0 Å². The summed E-state index contributed by atoms with van der Waals surface area (Å²) < 4.78 is 36.2. The van der Waals surface area contributed by atoms with Crippen LogP contribution in [0.1, 0.15) is 12.8 Å². The summed E-state index contributed by atoms with van der Waals surface area (Å²) in [7, 11) is 0. The van der Waals surface area contributed by atoms with Crippen LogP contribution in [0.4, 0.5) is 13.2 Å². The zero-order valence-corrected chi connectivity index (χ0v) is 6.56. The second-order valence-corrected chi connectivity index (χ2v) is 2.90. The van der Waals surface area contributed by atoms with E-state index in [0.29, 0.717) is 0 Å². The molecule has 0 unspecified atom stereocenters.